The Morgan fingerprint density at radius 1 is 1.32 bits per heavy atom. The molecule has 6 nitrogen and oxygen atoms in total. The lowest BCUT2D eigenvalue weighted by atomic mass is 9.99. The highest BCUT2D eigenvalue weighted by atomic mass is 16.2. The number of carbonyl (C=O) groups excluding carboxylic acids is 2. The Kier molecular flexibility index (Phi) is 5.04. The maximum atomic E-state index is 11.8. The minimum absolute atomic E-state index is 0.148. The van der Waals surface area contributed by atoms with Crippen molar-refractivity contribution in [2.24, 2.45) is 16.1 Å². The molecule has 0 saturated carbocycles. The van der Waals surface area contributed by atoms with E-state index in [0.29, 0.717) is 6.42 Å². The molecule has 1 aliphatic heterocycles. The lowest BCUT2D eigenvalue weighted by Crippen LogP contribution is -2.25. The number of carbonyl (C=O) groups is 2. The van der Waals surface area contributed by atoms with Gasteiger partial charge >= 0.3 is 0 Å². The van der Waals surface area contributed by atoms with E-state index in [4.69, 9.17) is 0 Å². The minimum atomic E-state index is -0.312. The van der Waals surface area contributed by atoms with Gasteiger partial charge in [0.25, 0.3) is 0 Å². The first-order chi connectivity index (χ1) is 10.5. The molecule has 6 heteroatoms. The zero-order valence-electron chi connectivity index (χ0n) is 13.0. The normalized spacial score (nSPS) is 18.0. The third-order valence-corrected chi connectivity index (χ3v) is 3.64. The molecule has 2 amide bonds. The minimum Gasteiger partial charge on any atom is -0.273 e. The van der Waals surface area contributed by atoms with Crippen LogP contribution in [0.5, 0.6) is 0 Å². The van der Waals surface area contributed by atoms with E-state index >= 15 is 0 Å². The van der Waals surface area contributed by atoms with Crippen molar-refractivity contribution in [1.82, 2.24) is 10.9 Å². The van der Waals surface area contributed by atoms with Crippen LogP contribution in [0, 0.1) is 12.8 Å². The molecule has 2 N–H and O–H groups in total. The summed E-state index contributed by atoms with van der Waals surface area (Å²) < 4.78 is 0. The van der Waals surface area contributed by atoms with E-state index in [-0.39, 0.29) is 24.2 Å². The third-order valence-electron chi connectivity index (χ3n) is 3.64. The molecule has 0 aliphatic carbocycles. The molecule has 0 fully saturated rings. The Morgan fingerprint density at radius 3 is 2.59 bits per heavy atom. The summed E-state index contributed by atoms with van der Waals surface area (Å²) in [6.45, 7) is 5.63. The predicted octanol–water partition coefficient (Wildman–Crippen LogP) is 1.74. The van der Waals surface area contributed by atoms with Crippen molar-refractivity contribution in [3.05, 3.63) is 35.4 Å². The number of amides is 2. The van der Waals surface area contributed by atoms with Crippen LogP contribution in [0.25, 0.3) is 0 Å². The van der Waals surface area contributed by atoms with Crippen LogP contribution in [0.3, 0.4) is 0 Å². The Morgan fingerprint density at radius 2 is 2.00 bits per heavy atom. The smallest absolute Gasteiger partial charge is 0.248 e. The van der Waals surface area contributed by atoms with Gasteiger partial charge in [-0.05, 0) is 32.8 Å². The van der Waals surface area contributed by atoms with Crippen LogP contribution < -0.4 is 10.9 Å². The Hall–Kier alpha value is -2.50. The maximum Gasteiger partial charge on any atom is 0.248 e. The molecule has 1 aromatic carbocycles. The number of rotatable bonds is 5. The van der Waals surface area contributed by atoms with Crippen molar-refractivity contribution < 1.29 is 9.59 Å². The number of hydrogen-bond acceptors (Lipinski definition) is 4. The topological polar surface area (TPSA) is 82.9 Å². The van der Waals surface area contributed by atoms with Gasteiger partial charge in [0.2, 0.25) is 11.8 Å². The van der Waals surface area contributed by atoms with Crippen molar-refractivity contribution >= 4 is 23.2 Å². The first kappa shape index (κ1) is 15.9. The average Bonchev–Trinajstić information content (AvgIpc) is 2.82. The monoisotopic (exact) mass is 300 g/mol. The third kappa shape index (κ3) is 4.00. The summed E-state index contributed by atoms with van der Waals surface area (Å²) in [5.74, 6) is -0.670. The summed E-state index contributed by atoms with van der Waals surface area (Å²) in [4.78, 5) is 23.3. The lowest BCUT2D eigenvalue weighted by molar-refractivity contribution is -0.123. The quantitative estimate of drug-likeness (QED) is 0.641. The fourth-order valence-corrected chi connectivity index (χ4v) is 2.17. The number of hydrazone groups is 2. The number of nitrogens with one attached hydrogen (secondary N) is 2. The molecule has 0 aromatic heterocycles. The van der Waals surface area contributed by atoms with E-state index in [2.05, 4.69) is 21.1 Å². The zero-order valence-corrected chi connectivity index (χ0v) is 13.0. The van der Waals surface area contributed by atoms with Gasteiger partial charge in [-0.25, -0.2) is 10.9 Å². The molecule has 1 atom stereocenters. The van der Waals surface area contributed by atoms with Gasteiger partial charge in [-0.15, -0.1) is 0 Å². The van der Waals surface area contributed by atoms with Crippen LogP contribution in [0.15, 0.2) is 34.5 Å². The second kappa shape index (κ2) is 6.98. The largest absolute Gasteiger partial charge is 0.273 e. The summed E-state index contributed by atoms with van der Waals surface area (Å²) in [5.41, 5.74) is 8.53. The van der Waals surface area contributed by atoms with Crippen LogP contribution in [-0.4, -0.2) is 23.2 Å². The molecule has 0 unspecified atom stereocenters. The molecular weight excluding hydrogens is 280 g/mol. The van der Waals surface area contributed by atoms with Gasteiger partial charge in [-0.3, -0.25) is 9.59 Å². The standard InChI is InChI=1S/C16H20N4O2/c1-10-4-6-13(7-5-10)11(2)17-19-15(21)9-8-14-12(3)18-20-16(14)22/h4-7,14H,8-9H2,1-3H3,(H,19,21)(H,20,22)/b17-11+/t14-/m0/s1. The van der Waals surface area contributed by atoms with Gasteiger partial charge in [0.15, 0.2) is 0 Å². The first-order valence-electron chi connectivity index (χ1n) is 7.21. The summed E-state index contributed by atoms with van der Waals surface area (Å²) in [5, 5.41) is 7.95. The van der Waals surface area contributed by atoms with Gasteiger partial charge in [0.1, 0.15) is 0 Å². The van der Waals surface area contributed by atoms with E-state index in [1.807, 2.05) is 38.1 Å². The molecule has 1 aliphatic rings. The summed E-state index contributed by atoms with van der Waals surface area (Å²) >= 11 is 0. The Bertz CT molecular complexity index is 632. The fraction of sp³-hybridized carbons (Fsp3) is 0.375. The molecule has 0 radical (unpaired) electrons. The van der Waals surface area contributed by atoms with Gasteiger partial charge in [0, 0.05) is 12.1 Å². The highest BCUT2D eigenvalue weighted by Gasteiger charge is 2.26. The summed E-state index contributed by atoms with van der Waals surface area (Å²) in [6.07, 6.45) is 0.668. The van der Waals surface area contributed by atoms with Gasteiger partial charge in [-0.2, -0.15) is 10.2 Å². The van der Waals surface area contributed by atoms with Crippen LogP contribution in [0.1, 0.15) is 37.8 Å². The summed E-state index contributed by atoms with van der Waals surface area (Å²) in [6, 6.07) is 7.92. The number of benzene rings is 1. The van der Waals surface area contributed by atoms with Crippen molar-refractivity contribution in [2.75, 3.05) is 0 Å². The van der Waals surface area contributed by atoms with Gasteiger partial charge in [0.05, 0.1) is 11.6 Å². The van der Waals surface area contributed by atoms with Crippen molar-refractivity contribution in [3.8, 4) is 0 Å². The molecular formula is C16H20N4O2. The van der Waals surface area contributed by atoms with Crippen LogP contribution >= 0.6 is 0 Å². The van der Waals surface area contributed by atoms with E-state index in [0.717, 1.165) is 17.0 Å². The molecule has 1 heterocycles. The van der Waals surface area contributed by atoms with Crippen LogP contribution in [0.4, 0.5) is 0 Å². The second-order valence-electron chi connectivity index (χ2n) is 5.42. The SMILES string of the molecule is CC1=NNC(=O)[C@H]1CCC(=O)N/N=C(\C)c1ccc(C)cc1. The first-order valence-corrected chi connectivity index (χ1v) is 7.21. The van der Waals surface area contributed by atoms with Gasteiger partial charge in [-0.1, -0.05) is 29.8 Å². The molecule has 1 aromatic rings. The second-order valence-corrected chi connectivity index (χ2v) is 5.42. The van der Waals surface area contributed by atoms with Crippen molar-refractivity contribution in [1.29, 1.82) is 0 Å². The highest BCUT2D eigenvalue weighted by Crippen LogP contribution is 2.13. The van der Waals surface area contributed by atoms with E-state index in [9.17, 15) is 9.59 Å². The van der Waals surface area contributed by atoms with E-state index in [1.165, 1.54) is 5.56 Å². The zero-order chi connectivity index (χ0) is 16.1. The molecule has 0 saturated heterocycles. The van der Waals surface area contributed by atoms with Crippen LogP contribution in [-0.2, 0) is 9.59 Å². The molecule has 116 valence electrons. The van der Waals surface area contributed by atoms with E-state index < -0.39 is 0 Å². The van der Waals surface area contributed by atoms with Crippen molar-refractivity contribution in [3.63, 3.8) is 0 Å². The Labute approximate surface area is 129 Å². The molecule has 0 spiro atoms. The van der Waals surface area contributed by atoms with E-state index in [1.54, 1.807) is 6.92 Å². The Balaban J connectivity index is 1.84. The van der Waals surface area contributed by atoms with Crippen LogP contribution in [0.2, 0.25) is 0 Å². The molecule has 0 bridgehead atoms. The number of hydrogen-bond donors (Lipinski definition) is 2. The average molecular weight is 300 g/mol. The molecule has 2 rings (SSSR count). The highest BCUT2D eigenvalue weighted by molar-refractivity contribution is 6.07. The summed E-state index contributed by atoms with van der Waals surface area (Å²) in [7, 11) is 0. The fourth-order valence-electron chi connectivity index (χ4n) is 2.17. The maximum absolute atomic E-state index is 11.8. The predicted molar refractivity (Wildman–Crippen MR) is 85.5 cm³/mol. The molecule has 22 heavy (non-hydrogen) atoms. The lowest BCUT2D eigenvalue weighted by Gasteiger charge is -2.07. The van der Waals surface area contributed by atoms with Crippen molar-refractivity contribution in [2.45, 2.75) is 33.6 Å². The number of aryl methyl sites for hydroxylation is 1. The van der Waals surface area contributed by atoms with Gasteiger partial charge < -0.3 is 0 Å². The number of nitrogens with zero attached hydrogens (tertiary/aromatic N) is 2.